The van der Waals surface area contributed by atoms with E-state index < -0.39 is 21.4 Å². The first-order valence-electron chi connectivity index (χ1n) is 6.13. The Morgan fingerprint density at radius 2 is 1.72 bits per heavy atom. The van der Waals surface area contributed by atoms with E-state index in [-0.39, 0.29) is 11.3 Å². The van der Waals surface area contributed by atoms with E-state index in [9.17, 15) is 13.2 Å². The third-order valence-electron chi connectivity index (χ3n) is 2.59. The fourth-order valence-electron chi connectivity index (χ4n) is 2.11. The number of hydrogen-bond acceptors (Lipinski definition) is 3. The zero-order valence-electron chi connectivity index (χ0n) is 11.9. The van der Waals surface area contributed by atoms with Crippen molar-refractivity contribution in [2.45, 2.75) is 59.4 Å². The van der Waals surface area contributed by atoms with Crippen molar-refractivity contribution in [2.75, 3.05) is 5.75 Å². The predicted octanol–water partition coefficient (Wildman–Crippen LogP) is 1.99. The molecule has 0 aromatic carbocycles. The highest BCUT2D eigenvalue weighted by Gasteiger charge is 2.29. The van der Waals surface area contributed by atoms with Crippen molar-refractivity contribution in [3.05, 3.63) is 0 Å². The SMILES string of the molecule is CCCC(C)(C)CC(=O)NC(C)(C)CS(=O)(=O)O. The fourth-order valence-corrected chi connectivity index (χ4v) is 3.10. The molecule has 0 rings (SSSR count). The lowest BCUT2D eigenvalue weighted by atomic mass is 9.84. The largest absolute Gasteiger partial charge is 0.350 e. The Bertz CT molecular complexity index is 385. The summed E-state index contributed by atoms with van der Waals surface area (Å²) < 4.78 is 30.4. The Morgan fingerprint density at radius 3 is 2.11 bits per heavy atom. The maximum atomic E-state index is 11.8. The highest BCUT2D eigenvalue weighted by Crippen LogP contribution is 2.26. The maximum Gasteiger partial charge on any atom is 0.267 e. The molecule has 0 saturated carbocycles. The van der Waals surface area contributed by atoms with E-state index in [2.05, 4.69) is 12.2 Å². The van der Waals surface area contributed by atoms with Crippen LogP contribution in [0.3, 0.4) is 0 Å². The molecule has 0 aromatic heterocycles. The first kappa shape index (κ1) is 17.4. The van der Waals surface area contributed by atoms with E-state index in [4.69, 9.17) is 4.55 Å². The Balaban J connectivity index is 4.48. The molecule has 0 unspecified atom stereocenters. The molecule has 0 aromatic rings. The molecule has 0 radical (unpaired) electrons. The first-order valence-corrected chi connectivity index (χ1v) is 7.74. The van der Waals surface area contributed by atoms with E-state index in [0.29, 0.717) is 6.42 Å². The highest BCUT2D eigenvalue weighted by atomic mass is 32.2. The number of nitrogens with one attached hydrogen (secondary N) is 1. The van der Waals surface area contributed by atoms with Gasteiger partial charge in [-0.3, -0.25) is 9.35 Å². The van der Waals surface area contributed by atoms with Crippen LogP contribution in [0.15, 0.2) is 0 Å². The van der Waals surface area contributed by atoms with Crippen LogP contribution in [0.1, 0.15) is 53.9 Å². The molecule has 18 heavy (non-hydrogen) atoms. The van der Waals surface area contributed by atoms with Crippen LogP contribution in [-0.2, 0) is 14.9 Å². The number of carbonyl (C=O) groups is 1. The normalized spacial score (nSPS) is 13.4. The lowest BCUT2D eigenvalue weighted by Gasteiger charge is -2.28. The summed E-state index contributed by atoms with van der Waals surface area (Å²) >= 11 is 0. The van der Waals surface area contributed by atoms with Crippen LogP contribution in [0.2, 0.25) is 0 Å². The lowest BCUT2D eigenvalue weighted by Crippen LogP contribution is -2.49. The fraction of sp³-hybridized carbons (Fsp3) is 0.917. The molecule has 2 N–H and O–H groups in total. The van der Waals surface area contributed by atoms with Gasteiger partial charge in [0.1, 0.15) is 0 Å². The predicted molar refractivity (Wildman–Crippen MR) is 71.9 cm³/mol. The Morgan fingerprint density at radius 1 is 1.22 bits per heavy atom. The molecule has 0 atom stereocenters. The molecule has 0 aliphatic carbocycles. The molecule has 0 aliphatic heterocycles. The van der Waals surface area contributed by atoms with Gasteiger partial charge in [0.25, 0.3) is 10.1 Å². The molecular weight excluding hydrogens is 254 g/mol. The minimum Gasteiger partial charge on any atom is -0.350 e. The summed E-state index contributed by atoms with van der Waals surface area (Å²) in [5.41, 5.74) is -1.07. The molecule has 0 spiro atoms. The van der Waals surface area contributed by atoms with E-state index in [1.54, 1.807) is 13.8 Å². The quantitative estimate of drug-likeness (QED) is 0.698. The van der Waals surface area contributed by atoms with Gasteiger partial charge >= 0.3 is 0 Å². The molecule has 1 amide bonds. The van der Waals surface area contributed by atoms with Crippen molar-refractivity contribution < 1.29 is 17.8 Å². The summed E-state index contributed by atoms with van der Waals surface area (Å²) in [6.45, 7) is 9.22. The summed E-state index contributed by atoms with van der Waals surface area (Å²) in [6, 6.07) is 0. The number of carbonyl (C=O) groups excluding carboxylic acids is 1. The lowest BCUT2D eigenvalue weighted by molar-refractivity contribution is -0.124. The standard InChI is InChI=1S/C12H25NO4S/c1-6-7-11(2,3)8-10(14)13-12(4,5)9-18(15,16)17/h6-9H2,1-5H3,(H,13,14)(H,15,16,17). The van der Waals surface area contributed by atoms with Crippen LogP contribution in [0.5, 0.6) is 0 Å². The number of amides is 1. The highest BCUT2D eigenvalue weighted by molar-refractivity contribution is 7.85. The van der Waals surface area contributed by atoms with Crippen molar-refractivity contribution in [1.29, 1.82) is 0 Å². The van der Waals surface area contributed by atoms with Crippen molar-refractivity contribution >= 4 is 16.0 Å². The van der Waals surface area contributed by atoms with Gasteiger partial charge in [-0.2, -0.15) is 8.42 Å². The van der Waals surface area contributed by atoms with Crippen molar-refractivity contribution in [1.82, 2.24) is 5.32 Å². The van der Waals surface area contributed by atoms with Gasteiger partial charge in [0.05, 0.1) is 11.3 Å². The van der Waals surface area contributed by atoms with Crippen LogP contribution < -0.4 is 5.32 Å². The van der Waals surface area contributed by atoms with Crippen LogP contribution >= 0.6 is 0 Å². The van der Waals surface area contributed by atoms with Gasteiger partial charge in [0.2, 0.25) is 5.91 Å². The van der Waals surface area contributed by atoms with Crippen LogP contribution in [0.25, 0.3) is 0 Å². The average molecular weight is 279 g/mol. The molecule has 5 nitrogen and oxygen atoms in total. The van der Waals surface area contributed by atoms with Crippen LogP contribution in [0, 0.1) is 5.41 Å². The van der Waals surface area contributed by atoms with Gasteiger partial charge < -0.3 is 5.32 Å². The van der Waals surface area contributed by atoms with Crippen LogP contribution in [-0.4, -0.2) is 30.2 Å². The van der Waals surface area contributed by atoms with E-state index >= 15 is 0 Å². The third kappa shape index (κ3) is 8.47. The Labute approximate surface area is 110 Å². The van der Waals surface area contributed by atoms with E-state index in [1.165, 1.54) is 0 Å². The van der Waals surface area contributed by atoms with Gasteiger partial charge in [-0.15, -0.1) is 0 Å². The second-order valence-electron chi connectivity index (χ2n) is 6.25. The first-order chi connectivity index (χ1) is 7.87. The number of hydrogen-bond donors (Lipinski definition) is 2. The summed E-state index contributed by atoms with van der Waals surface area (Å²) in [5.74, 6) is -0.679. The molecule has 0 aliphatic rings. The topological polar surface area (TPSA) is 83.5 Å². The maximum absolute atomic E-state index is 11.8. The van der Waals surface area contributed by atoms with Crippen molar-refractivity contribution in [3.63, 3.8) is 0 Å². The second-order valence-corrected chi connectivity index (χ2v) is 7.70. The van der Waals surface area contributed by atoms with Gasteiger partial charge in [-0.05, 0) is 25.7 Å². The summed E-state index contributed by atoms with van der Waals surface area (Å²) in [6.07, 6.45) is 2.27. The van der Waals surface area contributed by atoms with Gasteiger partial charge in [0.15, 0.2) is 0 Å². The van der Waals surface area contributed by atoms with Gasteiger partial charge in [0, 0.05) is 6.42 Å². The minimum atomic E-state index is -4.10. The molecule has 0 fully saturated rings. The van der Waals surface area contributed by atoms with Crippen molar-refractivity contribution in [2.24, 2.45) is 5.41 Å². The zero-order chi connectivity index (χ0) is 14.6. The smallest absolute Gasteiger partial charge is 0.267 e. The minimum absolute atomic E-state index is 0.104. The molecule has 108 valence electrons. The molecule has 6 heteroatoms. The summed E-state index contributed by atoms with van der Waals surface area (Å²) in [4.78, 5) is 11.8. The van der Waals surface area contributed by atoms with E-state index in [1.807, 2.05) is 13.8 Å². The molecular formula is C12H25NO4S. The van der Waals surface area contributed by atoms with Crippen LogP contribution in [0.4, 0.5) is 0 Å². The summed E-state index contributed by atoms with van der Waals surface area (Å²) in [7, 11) is -4.10. The summed E-state index contributed by atoms with van der Waals surface area (Å²) in [5, 5.41) is 2.65. The average Bonchev–Trinajstić information content (AvgIpc) is 1.93. The molecule has 0 heterocycles. The monoisotopic (exact) mass is 279 g/mol. The second kappa shape index (κ2) is 6.02. The van der Waals surface area contributed by atoms with Crippen molar-refractivity contribution in [3.8, 4) is 0 Å². The Kier molecular flexibility index (Phi) is 5.81. The molecule has 0 saturated heterocycles. The van der Waals surface area contributed by atoms with E-state index in [0.717, 1.165) is 12.8 Å². The Hall–Kier alpha value is -0.620. The third-order valence-corrected chi connectivity index (χ3v) is 3.67. The zero-order valence-corrected chi connectivity index (χ0v) is 12.7. The van der Waals surface area contributed by atoms with Gasteiger partial charge in [-0.25, -0.2) is 0 Å². The number of rotatable bonds is 7. The molecule has 0 bridgehead atoms. The van der Waals surface area contributed by atoms with Gasteiger partial charge in [-0.1, -0.05) is 27.2 Å².